The maximum atomic E-state index is 13.6. The number of aromatic nitrogens is 2. The molecule has 11 heteroatoms. The number of hydrogen-bond donors (Lipinski definition) is 0. The molecular formula is C27H19BrClN3O6. The molecule has 9 nitrogen and oxygen atoms in total. The van der Waals surface area contributed by atoms with E-state index in [0.29, 0.717) is 32.8 Å². The largest absolute Gasteiger partial charge is 0.493 e. The van der Waals surface area contributed by atoms with Gasteiger partial charge in [-0.2, -0.15) is 9.78 Å². The number of nitrogens with zero attached hydrogens (tertiary/aromatic N) is 3. The number of halogens is 2. The van der Waals surface area contributed by atoms with Crippen molar-refractivity contribution in [3.8, 4) is 23.1 Å². The van der Waals surface area contributed by atoms with Crippen LogP contribution in [0.5, 0.6) is 11.5 Å². The van der Waals surface area contributed by atoms with Crippen LogP contribution in [-0.4, -0.2) is 42.7 Å². The molecule has 5 aromatic rings. The Balaban J connectivity index is 1.68. The first-order valence-electron chi connectivity index (χ1n) is 11.2. The summed E-state index contributed by atoms with van der Waals surface area (Å²) in [6, 6.07) is 17.4. The fourth-order valence-corrected chi connectivity index (χ4v) is 4.41. The molecule has 38 heavy (non-hydrogen) atoms. The van der Waals surface area contributed by atoms with Gasteiger partial charge in [0, 0.05) is 26.5 Å². The van der Waals surface area contributed by atoms with Gasteiger partial charge in [0.2, 0.25) is 5.82 Å². The van der Waals surface area contributed by atoms with Crippen LogP contribution in [0.25, 0.3) is 33.5 Å². The summed E-state index contributed by atoms with van der Waals surface area (Å²) < 4.78 is 23.7. The third-order valence-corrected chi connectivity index (χ3v) is 6.31. The number of esters is 1. The van der Waals surface area contributed by atoms with Crippen molar-refractivity contribution < 1.29 is 23.4 Å². The van der Waals surface area contributed by atoms with Gasteiger partial charge in [-0.05, 0) is 42.5 Å². The molecule has 0 fully saturated rings. The number of fused-ring (bicyclic) bond motifs is 2. The molecule has 0 N–H and O–H groups in total. The van der Waals surface area contributed by atoms with Gasteiger partial charge < -0.3 is 18.6 Å². The highest BCUT2D eigenvalue weighted by Crippen LogP contribution is 2.34. The number of hydrogen-bond acceptors (Lipinski definition) is 8. The minimum Gasteiger partial charge on any atom is -0.493 e. The normalized spacial score (nSPS) is 11.4. The third-order valence-electron chi connectivity index (χ3n) is 5.60. The maximum absolute atomic E-state index is 13.6. The van der Waals surface area contributed by atoms with Crippen LogP contribution < -0.4 is 15.0 Å². The average Bonchev–Trinajstić information content (AvgIpc) is 3.34. The van der Waals surface area contributed by atoms with E-state index in [1.165, 1.54) is 26.5 Å². The van der Waals surface area contributed by atoms with E-state index in [2.05, 4.69) is 30.8 Å². The highest BCUT2D eigenvalue weighted by Gasteiger charge is 2.18. The standard InChI is InChI=1S/C27H19BrClN3O6/c1-35-22-12-18(29)10-16(25(22)37-14-24(33)36-2)13-30-32-26(31-20-6-4-3-5-19(20)27(32)34)23-11-15-9-17(28)7-8-21(15)38-23/h3-13H,14H2,1-2H3. The number of carbonyl (C=O) groups is 1. The first-order chi connectivity index (χ1) is 18.4. The number of carbonyl (C=O) groups excluding carboxylic acids is 1. The second kappa shape index (κ2) is 10.7. The number of ether oxygens (including phenoxy) is 3. The molecule has 0 saturated carbocycles. The summed E-state index contributed by atoms with van der Waals surface area (Å²) in [7, 11) is 2.69. The smallest absolute Gasteiger partial charge is 0.343 e. The number of para-hydroxylation sites is 1. The summed E-state index contributed by atoms with van der Waals surface area (Å²) in [6.07, 6.45) is 1.38. The number of benzene rings is 3. The summed E-state index contributed by atoms with van der Waals surface area (Å²) in [6.45, 7) is -0.368. The second-order valence-corrected chi connectivity index (χ2v) is 9.35. The first-order valence-corrected chi connectivity index (χ1v) is 12.4. The van der Waals surface area contributed by atoms with E-state index in [1.807, 2.05) is 18.2 Å². The van der Waals surface area contributed by atoms with Gasteiger partial charge in [0.05, 0.1) is 31.3 Å². The van der Waals surface area contributed by atoms with Crippen molar-refractivity contribution in [3.63, 3.8) is 0 Å². The van der Waals surface area contributed by atoms with E-state index in [4.69, 9.17) is 25.5 Å². The van der Waals surface area contributed by atoms with Crippen LogP contribution in [0.1, 0.15) is 5.56 Å². The van der Waals surface area contributed by atoms with Crippen LogP contribution in [0.3, 0.4) is 0 Å². The summed E-state index contributed by atoms with van der Waals surface area (Å²) in [5.74, 6) is 0.434. The van der Waals surface area contributed by atoms with Gasteiger partial charge in [-0.3, -0.25) is 4.79 Å². The molecule has 0 spiro atoms. The fourth-order valence-electron chi connectivity index (χ4n) is 3.82. The zero-order chi connectivity index (χ0) is 26.8. The van der Waals surface area contributed by atoms with Crippen molar-refractivity contribution in [2.45, 2.75) is 0 Å². The van der Waals surface area contributed by atoms with Crippen molar-refractivity contribution in [2.24, 2.45) is 5.10 Å². The molecule has 0 aliphatic carbocycles. The van der Waals surface area contributed by atoms with Gasteiger partial charge >= 0.3 is 5.97 Å². The molecule has 3 aromatic carbocycles. The Labute approximate surface area is 229 Å². The van der Waals surface area contributed by atoms with Gasteiger partial charge in [-0.1, -0.05) is 39.7 Å². The van der Waals surface area contributed by atoms with E-state index >= 15 is 0 Å². The van der Waals surface area contributed by atoms with E-state index in [1.54, 1.807) is 36.4 Å². The summed E-state index contributed by atoms with van der Waals surface area (Å²) >= 11 is 9.74. The number of rotatable bonds is 7. The van der Waals surface area contributed by atoms with Crippen LogP contribution in [0.2, 0.25) is 5.02 Å². The Morgan fingerprint density at radius 3 is 2.76 bits per heavy atom. The topological polar surface area (TPSA) is 105 Å². The number of furan rings is 1. The second-order valence-electron chi connectivity index (χ2n) is 8.00. The van der Waals surface area contributed by atoms with Crippen LogP contribution >= 0.6 is 27.5 Å². The minimum absolute atomic E-state index is 0.197. The maximum Gasteiger partial charge on any atom is 0.343 e. The Kier molecular flexibility index (Phi) is 7.17. The van der Waals surface area contributed by atoms with Crippen molar-refractivity contribution in [1.29, 1.82) is 0 Å². The lowest BCUT2D eigenvalue weighted by molar-refractivity contribution is -0.142. The average molecular weight is 597 g/mol. The van der Waals surface area contributed by atoms with Gasteiger partial charge in [-0.15, -0.1) is 0 Å². The molecule has 0 atom stereocenters. The Morgan fingerprint density at radius 1 is 1.16 bits per heavy atom. The Bertz CT molecular complexity index is 1780. The van der Waals surface area contributed by atoms with Crippen LogP contribution in [-0.2, 0) is 9.53 Å². The van der Waals surface area contributed by atoms with Crippen LogP contribution in [0, 0.1) is 0 Å². The predicted molar refractivity (Wildman–Crippen MR) is 147 cm³/mol. The van der Waals surface area contributed by atoms with Crippen LogP contribution in [0.4, 0.5) is 0 Å². The first kappa shape index (κ1) is 25.5. The van der Waals surface area contributed by atoms with E-state index < -0.39 is 11.5 Å². The van der Waals surface area contributed by atoms with Crippen molar-refractivity contribution in [1.82, 2.24) is 9.66 Å². The van der Waals surface area contributed by atoms with Gasteiger partial charge in [0.15, 0.2) is 23.9 Å². The molecule has 0 unspecified atom stereocenters. The predicted octanol–water partition coefficient (Wildman–Crippen LogP) is 5.67. The van der Waals surface area contributed by atoms with E-state index in [0.717, 1.165) is 14.5 Å². The van der Waals surface area contributed by atoms with Crippen molar-refractivity contribution in [2.75, 3.05) is 20.8 Å². The van der Waals surface area contributed by atoms with Crippen molar-refractivity contribution >= 4 is 61.6 Å². The Morgan fingerprint density at radius 2 is 1.97 bits per heavy atom. The highest BCUT2D eigenvalue weighted by atomic mass is 79.9. The Hall–Kier alpha value is -4.15. The molecule has 0 amide bonds. The highest BCUT2D eigenvalue weighted by molar-refractivity contribution is 9.10. The van der Waals surface area contributed by atoms with Gasteiger partial charge in [0.25, 0.3) is 5.56 Å². The molecular weight excluding hydrogens is 578 g/mol. The van der Waals surface area contributed by atoms with Crippen LogP contribution in [0.15, 0.2) is 79.4 Å². The van der Waals surface area contributed by atoms with E-state index in [-0.39, 0.29) is 23.9 Å². The SMILES string of the molecule is COC(=O)COc1c(C=Nn2c(-c3cc4cc(Br)ccc4o3)nc3ccccc3c2=O)cc(Cl)cc1OC. The zero-order valence-corrected chi connectivity index (χ0v) is 22.4. The third kappa shape index (κ3) is 5.00. The van der Waals surface area contributed by atoms with E-state index in [9.17, 15) is 9.59 Å². The minimum atomic E-state index is -0.585. The monoisotopic (exact) mass is 595 g/mol. The van der Waals surface area contributed by atoms with Gasteiger partial charge in [0.1, 0.15) is 5.58 Å². The summed E-state index contributed by atoms with van der Waals surface area (Å²) in [4.78, 5) is 29.9. The molecule has 0 aliphatic rings. The summed E-state index contributed by atoms with van der Waals surface area (Å²) in [5.41, 5.74) is 1.07. The quantitative estimate of drug-likeness (QED) is 0.176. The zero-order valence-electron chi connectivity index (χ0n) is 20.1. The molecule has 0 bridgehead atoms. The molecule has 2 aromatic heterocycles. The molecule has 0 aliphatic heterocycles. The fraction of sp³-hybridized carbons (Fsp3) is 0.111. The summed E-state index contributed by atoms with van der Waals surface area (Å²) in [5, 5.41) is 5.98. The van der Waals surface area contributed by atoms with Crippen molar-refractivity contribution in [3.05, 3.63) is 86.1 Å². The lowest BCUT2D eigenvalue weighted by Crippen LogP contribution is -2.20. The number of methoxy groups -OCH3 is 2. The molecule has 5 rings (SSSR count). The van der Waals surface area contributed by atoms with Gasteiger partial charge in [-0.25, -0.2) is 9.78 Å². The molecule has 0 radical (unpaired) electrons. The molecule has 2 heterocycles. The molecule has 0 saturated heterocycles. The molecule has 192 valence electrons. The lowest BCUT2D eigenvalue weighted by Gasteiger charge is -2.13. The lowest BCUT2D eigenvalue weighted by atomic mass is 10.2.